The van der Waals surface area contributed by atoms with E-state index in [0.717, 1.165) is 20.8 Å². The minimum atomic E-state index is -0.188. The molecule has 0 saturated carbocycles. The summed E-state index contributed by atoms with van der Waals surface area (Å²) in [5, 5.41) is 2.87. The van der Waals surface area contributed by atoms with E-state index in [-0.39, 0.29) is 12.5 Å². The van der Waals surface area contributed by atoms with E-state index < -0.39 is 0 Å². The van der Waals surface area contributed by atoms with E-state index in [9.17, 15) is 4.79 Å². The van der Waals surface area contributed by atoms with Crippen LogP contribution in [0.25, 0.3) is 0 Å². The van der Waals surface area contributed by atoms with Gasteiger partial charge in [-0.05, 0) is 30.3 Å². The average molecular weight is 378 g/mol. The van der Waals surface area contributed by atoms with E-state index in [1.807, 2.05) is 54.6 Å². The number of ether oxygens (including phenoxy) is 1. The number of carbonyl (C=O) groups is 1. The molecule has 0 heterocycles. The first kappa shape index (κ1) is 16.6. The number of anilines is 1. The van der Waals surface area contributed by atoms with Gasteiger partial charge in [0.1, 0.15) is 5.75 Å². The Kier molecular flexibility index (Phi) is 6.55. The standard InChI is InChI=1S/C17H16BrNO2S/c1-2-10-22-16-9-4-3-8-15(16)19-17(20)12-21-14-7-5-6-13(18)11-14/h2-9,11H,1,10,12H2,(H,19,20). The van der Waals surface area contributed by atoms with E-state index in [0.29, 0.717) is 5.75 Å². The van der Waals surface area contributed by atoms with Gasteiger partial charge in [-0.1, -0.05) is 40.2 Å². The highest BCUT2D eigenvalue weighted by molar-refractivity contribution is 9.10. The lowest BCUT2D eigenvalue weighted by molar-refractivity contribution is -0.118. The van der Waals surface area contributed by atoms with Crippen LogP contribution in [0.15, 0.2) is 70.6 Å². The van der Waals surface area contributed by atoms with Gasteiger partial charge in [0.25, 0.3) is 5.91 Å². The molecule has 1 N–H and O–H groups in total. The number of thioether (sulfide) groups is 1. The number of hydrogen-bond donors (Lipinski definition) is 1. The van der Waals surface area contributed by atoms with Gasteiger partial charge in [-0.3, -0.25) is 4.79 Å². The van der Waals surface area contributed by atoms with Crippen molar-refractivity contribution >= 4 is 39.3 Å². The van der Waals surface area contributed by atoms with Gasteiger partial charge in [0, 0.05) is 15.1 Å². The summed E-state index contributed by atoms with van der Waals surface area (Å²) < 4.78 is 6.39. The first-order valence-electron chi connectivity index (χ1n) is 6.70. The molecular weight excluding hydrogens is 362 g/mol. The summed E-state index contributed by atoms with van der Waals surface area (Å²) in [4.78, 5) is 13.0. The van der Waals surface area contributed by atoms with Gasteiger partial charge in [-0.2, -0.15) is 0 Å². The summed E-state index contributed by atoms with van der Waals surface area (Å²) in [6, 6.07) is 15.1. The Morgan fingerprint density at radius 1 is 1.27 bits per heavy atom. The molecule has 2 rings (SSSR count). The molecule has 0 atom stereocenters. The summed E-state index contributed by atoms with van der Waals surface area (Å²) in [5.41, 5.74) is 0.789. The van der Waals surface area contributed by atoms with Crippen LogP contribution >= 0.6 is 27.7 Å². The molecule has 0 aromatic heterocycles. The minimum absolute atomic E-state index is 0.0308. The third-order valence-electron chi connectivity index (χ3n) is 2.68. The van der Waals surface area contributed by atoms with Crippen molar-refractivity contribution in [2.75, 3.05) is 17.7 Å². The van der Waals surface area contributed by atoms with Gasteiger partial charge >= 0.3 is 0 Å². The topological polar surface area (TPSA) is 38.3 Å². The Labute approximate surface area is 142 Å². The van der Waals surface area contributed by atoms with Crippen LogP contribution < -0.4 is 10.1 Å². The van der Waals surface area contributed by atoms with E-state index in [2.05, 4.69) is 27.8 Å². The maximum absolute atomic E-state index is 12.0. The number of hydrogen-bond acceptors (Lipinski definition) is 3. The van der Waals surface area contributed by atoms with Crippen molar-refractivity contribution in [2.24, 2.45) is 0 Å². The molecule has 3 nitrogen and oxygen atoms in total. The van der Waals surface area contributed by atoms with Gasteiger partial charge in [0.05, 0.1) is 5.69 Å². The SMILES string of the molecule is C=CCSc1ccccc1NC(=O)COc1cccc(Br)c1. The monoisotopic (exact) mass is 377 g/mol. The summed E-state index contributed by atoms with van der Waals surface area (Å²) >= 11 is 4.99. The Morgan fingerprint density at radius 2 is 2.09 bits per heavy atom. The molecule has 22 heavy (non-hydrogen) atoms. The predicted molar refractivity (Wildman–Crippen MR) is 95.6 cm³/mol. The molecule has 0 fully saturated rings. The summed E-state index contributed by atoms with van der Waals surface area (Å²) in [6.45, 7) is 3.67. The minimum Gasteiger partial charge on any atom is -0.484 e. The van der Waals surface area contributed by atoms with E-state index in [1.165, 1.54) is 0 Å². The Bertz CT molecular complexity index is 661. The van der Waals surface area contributed by atoms with Crippen LogP contribution in [0.1, 0.15) is 0 Å². The molecule has 114 valence electrons. The second kappa shape index (κ2) is 8.66. The van der Waals surface area contributed by atoms with Crippen LogP contribution in [-0.2, 0) is 4.79 Å². The third-order valence-corrected chi connectivity index (χ3v) is 4.25. The van der Waals surface area contributed by atoms with Crippen LogP contribution in [0.2, 0.25) is 0 Å². The van der Waals surface area contributed by atoms with Gasteiger partial charge in [-0.15, -0.1) is 18.3 Å². The predicted octanol–water partition coefficient (Wildman–Crippen LogP) is 4.74. The number of nitrogens with one attached hydrogen (secondary N) is 1. The highest BCUT2D eigenvalue weighted by Crippen LogP contribution is 2.27. The molecule has 0 aliphatic rings. The van der Waals surface area contributed by atoms with Crippen molar-refractivity contribution in [3.8, 4) is 5.75 Å². The first-order chi connectivity index (χ1) is 10.7. The Morgan fingerprint density at radius 3 is 2.86 bits per heavy atom. The van der Waals surface area contributed by atoms with Gasteiger partial charge < -0.3 is 10.1 Å². The number of rotatable bonds is 7. The first-order valence-corrected chi connectivity index (χ1v) is 8.48. The van der Waals surface area contributed by atoms with Crippen LogP contribution in [0.4, 0.5) is 5.69 Å². The number of halogens is 1. The largest absolute Gasteiger partial charge is 0.484 e. The molecule has 2 aromatic carbocycles. The zero-order chi connectivity index (χ0) is 15.8. The van der Waals surface area contributed by atoms with Crippen molar-refractivity contribution in [3.05, 3.63) is 65.7 Å². The third kappa shape index (κ3) is 5.24. The number of carbonyl (C=O) groups excluding carboxylic acids is 1. The number of para-hydroxylation sites is 1. The molecule has 0 aliphatic heterocycles. The zero-order valence-corrected chi connectivity index (χ0v) is 14.3. The molecule has 5 heteroatoms. The normalized spacial score (nSPS) is 10.0. The zero-order valence-electron chi connectivity index (χ0n) is 11.9. The van der Waals surface area contributed by atoms with Crippen molar-refractivity contribution in [3.63, 3.8) is 0 Å². The fourth-order valence-corrected chi connectivity index (χ4v) is 2.86. The van der Waals surface area contributed by atoms with Gasteiger partial charge in [0.15, 0.2) is 6.61 Å². The van der Waals surface area contributed by atoms with Crippen molar-refractivity contribution in [1.82, 2.24) is 0 Å². The molecule has 0 saturated heterocycles. The molecule has 1 amide bonds. The molecule has 0 bridgehead atoms. The van der Waals surface area contributed by atoms with Crippen LogP contribution in [0.5, 0.6) is 5.75 Å². The average Bonchev–Trinajstić information content (AvgIpc) is 2.52. The summed E-state index contributed by atoms with van der Waals surface area (Å²) in [7, 11) is 0. The van der Waals surface area contributed by atoms with Gasteiger partial charge in [0.2, 0.25) is 0 Å². The number of amides is 1. The summed E-state index contributed by atoms with van der Waals surface area (Å²) in [6.07, 6.45) is 1.83. The van der Waals surface area contributed by atoms with Crippen molar-refractivity contribution in [2.45, 2.75) is 4.90 Å². The second-order valence-corrected chi connectivity index (χ2v) is 6.37. The van der Waals surface area contributed by atoms with Crippen LogP contribution in [-0.4, -0.2) is 18.3 Å². The highest BCUT2D eigenvalue weighted by atomic mass is 79.9. The summed E-state index contributed by atoms with van der Waals surface area (Å²) in [5.74, 6) is 1.26. The molecule has 0 radical (unpaired) electrons. The molecular formula is C17H16BrNO2S. The lowest BCUT2D eigenvalue weighted by Gasteiger charge is -2.11. The molecule has 0 aliphatic carbocycles. The molecule has 0 spiro atoms. The van der Waals surface area contributed by atoms with E-state index in [4.69, 9.17) is 4.74 Å². The molecule has 0 unspecified atom stereocenters. The highest BCUT2D eigenvalue weighted by Gasteiger charge is 2.07. The van der Waals surface area contributed by atoms with Crippen LogP contribution in [0.3, 0.4) is 0 Å². The second-order valence-electron chi connectivity index (χ2n) is 4.39. The maximum Gasteiger partial charge on any atom is 0.262 e. The Balaban J connectivity index is 1.93. The van der Waals surface area contributed by atoms with Gasteiger partial charge in [-0.25, -0.2) is 0 Å². The quantitative estimate of drug-likeness (QED) is 0.559. The van der Waals surface area contributed by atoms with E-state index in [1.54, 1.807) is 11.8 Å². The number of benzene rings is 2. The smallest absolute Gasteiger partial charge is 0.262 e. The van der Waals surface area contributed by atoms with Crippen LogP contribution in [0, 0.1) is 0 Å². The Hall–Kier alpha value is -1.72. The molecule has 2 aromatic rings. The lowest BCUT2D eigenvalue weighted by atomic mass is 10.3. The fraction of sp³-hybridized carbons (Fsp3) is 0.118. The lowest BCUT2D eigenvalue weighted by Crippen LogP contribution is -2.20. The van der Waals surface area contributed by atoms with Crippen molar-refractivity contribution in [1.29, 1.82) is 0 Å². The van der Waals surface area contributed by atoms with E-state index >= 15 is 0 Å². The van der Waals surface area contributed by atoms with Crippen molar-refractivity contribution < 1.29 is 9.53 Å². The maximum atomic E-state index is 12.0. The fourth-order valence-electron chi connectivity index (χ4n) is 1.74.